The third-order valence-electron chi connectivity index (χ3n) is 3.90. The van der Waals surface area contributed by atoms with E-state index in [1.165, 1.54) is 0 Å². The molecule has 0 saturated carbocycles. The molecule has 2 unspecified atom stereocenters. The predicted octanol–water partition coefficient (Wildman–Crippen LogP) is 1.21. The second-order valence-electron chi connectivity index (χ2n) is 5.18. The van der Waals surface area contributed by atoms with Crippen LogP contribution >= 0.6 is 0 Å². The largest absolute Gasteiger partial charge is 0.392 e. The van der Waals surface area contributed by atoms with Crippen LogP contribution in [0.3, 0.4) is 0 Å². The van der Waals surface area contributed by atoms with Gasteiger partial charge in [-0.25, -0.2) is 0 Å². The number of hydrogen-bond donors (Lipinski definition) is 1. The topological polar surface area (TPSA) is 43.8 Å². The van der Waals surface area contributed by atoms with Gasteiger partial charge in [-0.15, -0.1) is 0 Å². The zero-order chi connectivity index (χ0) is 13.8. The van der Waals surface area contributed by atoms with Crippen LogP contribution in [0.15, 0.2) is 30.3 Å². The van der Waals surface area contributed by atoms with E-state index >= 15 is 0 Å². The van der Waals surface area contributed by atoms with Crippen molar-refractivity contribution >= 4 is 5.91 Å². The summed E-state index contributed by atoms with van der Waals surface area (Å²) in [5.74, 6) is 0.102. The Kier molecular flexibility index (Phi) is 4.56. The van der Waals surface area contributed by atoms with Crippen molar-refractivity contribution in [3.63, 3.8) is 0 Å². The summed E-state index contributed by atoms with van der Waals surface area (Å²) in [6.45, 7) is 6.94. The molecule has 2 rings (SSSR count). The van der Waals surface area contributed by atoms with Gasteiger partial charge in [-0.1, -0.05) is 18.2 Å². The van der Waals surface area contributed by atoms with Crippen molar-refractivity contribution in [2.75, 3.05) is 26.2 Å². The van der Waals surface area contributed by atoms with Gasteiger partial charge in [0, 0.05) is 37.8 Å². The molecule has 1 aromatic carbocycles. The number of carbonyl (C=O) groups is 1. The molecule has 4 heteroatoms. The minimum atomic E-state index is -0.337. The first-order valence-corrected chi connectivity index (χ1v) is 6.86. The van der Waals surface area contributed by atoms with Crippen LogP contribution in [0.4, 0.5) is 0 Å². The average Bonchev–Trinajstić information content (AvgIpc) is 2.46. The van der Waals surface area contributed by atoms with Crippen LogP contribution in [0.2, 0.25) is 0 Å². The third-order valence-corrected chi connectivity index (χ3v) is 3.90. The normalized spacial score (nSPS) is 20.1. The lowest BCUT2D eigenvalue weighted by atomic mass is 10.1. The number of aliphatic hydroxyl groups excluding tert-OH is 1. The molecule has 0 aromatic heterocycles. The molecule has 2 atom stereocenters. The highest BCUT2D eigenvalue weighted by atomic mass is 16.3. The van der Waals surface area contributed by atoms with E-state index in [0.717, 1.165) is 31.7 Å². The summed E-state index contributed by atoms with van der Waals surface area (Å²) >= 11 is 0. The lowest BCUT2D eigenvalue weighted by Crippen LogP contribution is -2.53. The molecule has 0 spiro atoms. The van der Waals surface area contributed by atoms with Gasteiger partial charge in [0.2, 0.25) is 0 Å². The summed E-state index contributed by atoms with van der Waals surface area (Å²) < 4.78 is 0. The van der Waals surface area contributed by atoms with E-state index in [1.807, 2.05) is 49.1 Å². The van der Waals surface area contributed by atoms with Crippen molar-refractivity contribution in [3.05, 3.63) is 35.9 Å². The molecule has 0 bridgehead atoms. The SMILES string of the molecule is CC(O)C(C)N1CCN(C(=O)c2ccccc2)CC1. The lowest BCUT2D eigenvalue weighted by Gasteiger charge is -2.39. The molecule has 1 saturated heterocycles. The van der Waals surface area contributed by atoms with E-state index in [1.54, 1.807) is 0 Å². The zero-order valence-electron chi connectivity index (χ0n) is 11.6. The highest BCUT2D eigenvalue weighted by molar-refractivity contribution is 5.94. The van der Waals surface area contributed by atoms with Crippen molar-refractivity contribution in [2.24, 2.45) is 0 Å². The minimum Gasteiger partial charge on any atom is -0.392 e. The van der Waals surface area contributed by atoms with Crippen LogP contribution in [0.5, 0.6) is 0 Å². The number of benzene rings is 1. The first-order chi connectivity index (χ1) is 9.09. The second-order valence-corrected chi connectivity index (χ2v) is 5.18. The summed E-state index contributed by atoms with van der Waals surface area (Å²) in [5, 5.41) is 9.60. The fourth-order valence-electron chi connectivity index (χ4n) is 2.40. The molecule has 19 heavy (non-hydrogen) atoms. The van der Waals surface area contributed by atoms with Crippen LogP contribution in [-0.4, -0.2) is 59.1 Å². The summed E-state index contributed by atoms with van der Waals surface area (Å²) in [4.78, 5) is 16.4. The standard InChI is InChI=1S/C15H22N2O2/c1-12(13(2)18)16-8-10-17(11-9-16)15(19)14-6-4-3-5-7-14/h3-7,12-13,18H,8-11H2,1-2H3. The van der Waals surface area contributed by atoms with Crippen molar-refractivity contribution in [3.8, 4) is 0 Å². The molecule has 1 aromatic rings. The first-order valence-electron chi connectivity index (χ1n) is 6.86. The Bertz CT molecular complexity index is 411. The number of rotatable bonds is 3. The van der Waals surface area contributed by atoms with Crippen molar-refractivity contribution < 1.29 is 9.90 Å². The maximum absolute atomic E-state index is 12.3. The van der Waals surface area contributed by atoms with Crippen LogP contribution in [0.25, 0.3) is 0 Å². The maximum atomic E-state index is 12.3. The van der Waals surface area contributed by atoms with Gasteiger partial charge in [-0.2, -0.15) is 0 Å². The number of carbonyl (C=O) groups excluding carboxylic acids is 1. The number of nitrogens with zero attached hydrogens (tertiary/aromatic N) is 2. The van der Waals surface area contributed by atoms with E-state index in [4.69, 9.17) is 0 Å². The van der Waals surface area contributed by atoms with Gasteiger partial charge in [0.25, 0.3) is 5.91 Å². The Labute approximate surface area is 114 Å². The highest BCUT2D eigenvalue weighted by Gasteiger charge is 2.26. The fraction of sp³-hybridized carbons (Fsp3) is 0.533. The van der Waals surface area contributed by atoms with Crippen LogP contribution < -0.4 is 0 Å². The molecule has 1 amide bonds. The maximum Gasteiger partial charge on any atom is 0.253 e. The molecule has 1 fully saturated rings. The molecule has 1 N–H and O–H groups in total. The fourth-order valence-corrected chi connectivity index (χ4v) is 2.40. The van der Waals surface area contributed by atoms with E-state index < -0.39 is 0 Å². The molecular formula is C15H22N2O2. The van der Waals surface area contributed by atoms with Crippen LogP contribution in [0.1, 0.15) is 24.2 Å². The van der Waals surface area contributed by atoms with E-state index in [9.17, 15) is 9.90 Å². The second kappa shape index (κ2) is 6.17. The lowest BCUT2D eigenvalue weighted by molar-refractivity contribution is 0.0316. The van der Waals surface area contributed by atoms with E-state index in [2.05, 4.69) is 4.90 Å². The molecule has 4 nitrogen and oxygen atoms in total. The van der Waals surface area contributed by atoms with Crippen molar-refractivity contribution in [2.45, 2.75) is 26.0 Å². The Morgan fingerprint density at radius 3 is 2.21 bits per heavy atom. The third kappa shape index (κ3) is 3.33. The smallest absolute Gasteiger partial charge is 0.253 e. The zero-order valence-corrected chi connectivity index (χ0v) is 11.6. The number of hydrogen-bond acceptors (Lipinski definition) is 3. The summed E-state index contributed by atoms with van der Waals surface area (Å²) in [5.41, 5.74) is 0.750. The first kappa shape index (κ1) is 14.0. The molecular weight excluding hydrogens is 240 g/mol. The molecule has 0 radical (unpaired) electrons. The van der Waals surface area contributed by atoms with Gasteiger partial charge in [0.15, 0.2) is 0 Å². The summed E-state index contributed by atoms with van der Waals surface area (Å²) in [7, 11) is 0. The van der Waals surface area contributed by atoms with Gasteiger partial charge in [0.1, 0.15) is 0 Å². The Morgan fingerprint density at radius 2 is 1.68 bits per heavy atom. The monoisotopic (exact) mass is 262 g/mol. The summed E-state index contributed by atoms with van der Waals surface area (Å²) in [6, 6.07) is 9.55. The van der Waals surface area contributed by atoms with E-state index in [-0.39, 0.29) is 18.1 Å². The molecule has 104 valence electrons. The van der Waals surface area contributed by atoms with Gasteiger partial charge in [-0.05, 0) is 26.0 Å². The minimum absolute atomic E-state index is 0.102. The van der Waals surface area contributed by atoms with Crippen molar-refractivity contribution in [1.82, 2.24) is 9.80 Å². The Balaban J connectivity index is 1.92. The van der Waals surface area contributed by atoms with Crippen LogP contribution in [-0.2, 0) is 0 Å². The predicted molar refractivity (Wildman–Crippen MR) is 75.1 cm³/mol. The number of amides is 1. The van der Waals surface area contributed by atoms with E-state index in [0.29, 0.717) is 0 Å². The highest BCUT2D eigenvalue weighted by Crippen LogP contribution is 2.12. The molecule has 1 heterocycles. The average molecular weight is 262 g/mol. The van der Waals surface area contributed by atoms with Gasteiger partial charge in [0.05, 0.1) is 6.10 Å². The van der Waals surface area contributed by atoms with Crippen LogP contribution in [0, 0.1) is 0 Å². The Hall–Kier alpha value is -1.39. The molecule has 0 aliphatic carbocycles. The van der Waals surface area contributed by atoms with Gasteiger partial charge in [-0.3, -0.25) is 9.69 Å². The molecule has 1 aliphatic rings. The summed E-state index contributed by atoms with van der Waals surface area (Å²) in [6.07, 6.45) is -0.337. The number of aliphatic hydroxyl groups is 1. The Morgan fingerprint density at radius 1 is 1.11 bits per heavy atom. The van der Waals surface area contributed by atoms with Gasteiger partial charge >= 0.3 is 0 Å². The van der Waals surface area contributed by atoms with Crippen molar-refractivity contribution in [1.29, 1.82) is 0 Å². The van der Waals surface area contributed by atoms with Gasteiger partial charge < -0.3 is 10.0 Å². The molecule has 1 aliphatic heterocycles. The quantitative estimate of drug-likeness (QED) is 0.890. The number of piperazine rings is 1.